The number of hydrogen-bond donors (Lipinski definition) is 1. The Kier molecular flexibility index (Phi) is 3.39. The Labute approximate surface area is 98.7 Å². The van der Waals surface area contributed by atoms with Gasteiger partial charge < -0.3 is 14.6 Å². The zero-order valence-corrected chi connectivity index (χ0v) is 9.42. The zero-order chi connectivity index (χ0) is 12.3. The van der Waals surface area contributed by atoms with E-state index in [4.69, 9.17) is 4.74 Å². The van der Waals surface area contributed by atoms with E-state index >= 15 is 0 Å². The summed E-state index contributed by atoms with van der Waals surface area (Å²) in [7, 11) is 1.24. The van der Waals surface area contributed by atoms with Crippen LogP contribution >= 0.6 is 0 Å². The number of nitrogens with zero attached hydrogens (tertiary/aromatic N) is 1. The first-order chi connectivity index (χ1) is 8.22. The van der Waals surface area contributed by atoms with E-state index in [1.807, 2.05) is 0 Å². The number of ether oxygens (including phenoxy) is 2. The van der Waals surface area contributed by atoms with E-state index in [2.05, 4.69) is 9.73 Å². The van der Waals surface area contributed by atoms with E-state index in [1.54, 1.807) is 24.3 Å². The molecule has 1 heterocycles. The smallest absolute Gasteiger partial charge is 0.339 e. The van der Waals surface area contributed by atoms with Gasteiger partial charge in [0.25, 0.3) is 0 Å². The Balaban J connectivity index is 2.15. The van der Waals surface area contributed by atoms with Crippen LogP contribution in [0, 0.1) is 0 Å². The van der Waals surface area contributed by atoms with Crippen LogP contribution < -0.4 is 0 Å². The van der Waals surface area contributed by atoms with E-state index in [0.717, 1.165) is 5.56 Å². The molecule has 0 spiro atoms. The summed E-state index contributed by atoms with van der Waals surface area (Å²) in [6.07, 6.45) is -1.25. The summed E-state index contributed by atoms with van der Waals surface area (Å²) in [6.45, 7) is 1.27. The lowest BCUT2D eigenvalue weighted by Crippen LogP contribution is -2.13. The molecule has 5 heteroatoms. The van der Waals surface area contributed by atoms with Crippen LogP contribution in [0.1, 0.15) is 17.2 Å². The van der Waals surface area contributed by atoms with Crippen molar-refractivity contribution in [2.45, 2.75) is 6.10 Å². The van der Waals surface area contributed by atoms with Crippen molar-refractivity contribution in [2.24, 2.45) is 4.99 Å². The summed E-state index contributed by atoms with van der Waals surface area (Å²) in [6, 6.07) is 6.82. The minimum Gasteiger partial charge on any atom is -0.476 e. The van der Waals surface area contributed by atoms with Crippen LogP contribution in [0.2, 0.25) is 0 Å². The first-order valence-corrected chi connectivity index (χ1v) is 5.26. The maximum absolute atomic E-state index is 11.1. The van der Waals surface area contributed by atoms with E-state index in [0.29, 0.717) is 24.6 Å². The number of aliphatic imine (C=N–C) groups is 1. The Morgan fingerprint density at radius 1 is 1.47 bits per heavy atom. The van der Waals surface area contributed by atoms with Crippen LogP contribution in [-0.4, -0.2) is 37.2 Å². The number of benzene rings is 1. The summed E-state index contributed by atoms with van der Waals surface area (Å²) >= 11 is 0. The molecule has 0 aliphatic carbocycles. The van der Waals surface area contributed by atoms with Crippen molar-refractivity contribution >= 4 is 11.9 Å². The monoisotopic (exact) mass is 235 g/mol. The van der Waals surface area contributed by atoms with E-state index in [1.165, 1.54) is 7.11 Å². The predicted molar refractivity (Wildman–Crippen MR) is 60.8 cm³/mol. The van der Waals surface area contributed by atoms with Gasteiger partial charge in [0.05, 0.1) is 13.7 Å². The molecule has 1 aliphatic rings. The lowest BCUT2D eigenvalue weighted by molar-refractivity contribution is -0.150. The Morgan fingerprint density at radius 3 is 2.71 bits per heavy atom. The van der Waals surface area contributed by atoms with Gasteiger partial charge in [-0.15, -0.1) is 0 Å². The van der Waals surface area contributed by atoms with Gasteiger partial charge in [0.2, 0.25) is 5.90 Å². The summed E-state index contributed by atoms with van der Waals surface area (Å²) in [5.41, 5.74) is 1.32. The third-order valence-electron chi connectivity index (χ3n) is 2.48. The molecule has 0 aromatic heterocycles. The molecule has 17 heavy (non-hydrogen) atoms. The fourth-order valence-electron chi connectivity index (χ4n) is 1.57. The summed E-state index contributed by atoms with van der Waals surface area (Å²) in [4.78, 5) is 15.3. The molecule has 1 N–H and O–H groups in total. The SMILES string of the molecule is COC(=O)C(O)c1ccc(C2=NCCO2)cc1. The fraction of sp³-hybridized carbons (Fsp3) is 0.333. The topological polar surface area (TPSA) is 68.1 Å². The molecule has 2 rings (SSSR count). The molecule has 1 atom stereocenters. The minimum atomic E-state index is -1.25. The minimum absolute atomic E-state index is 0.485. The van der Waals surface area contributed by atoms with Crippen molar-refractivity contribution < 1.29 is 19.4 Å². The van der Waals surface area contributed by atoms with E-state index in [-0.39, 0.29) is 0 Å². The van der Waals surface area contributed by atoms with Crippen LogP contribution in [0.3, 0.4) is 0 Å². The van der Waals surface area contributed by atoms with Crippen molar-refractivity contribution in [3.8, 4) is 0 Å². The summed E-state index contributed by atoms with van der Waals surface area (Å²) < 4.78 is 9.76. The van der Waals surface area contributed by atoms with Crippen molar-refractivity contribution in [1.29, 1.82) is 0 Å². The second kappa shape index (κ2) is 4.97. The van der Waals surface area contributed by atoms with Crippen molar-refractivity contribution in [3.05, 3.63) is 35.4 Å². The standard InChI is InChI=1S/C12H13NO4/c1-16-12(15)10(14)8-2-4-9(5-3-8)11-13-6-7-17-11/h2-5,10,14H,6-7H2,1H3. The molecule has 1 aromatic rings. The van der Waals surface area contributed by atoms with Gasteiger partial charge in [-0.1, -0.05) is 12.1 Å². The number of carbonyl (C=O) groups is 1. The fourth-order valence-corrected chi connectivity index (χ4v) is 1.57. The lowest BCUT2D eigenvalue weighted by atomic mass is 10.1. The van der Waals surface area contributed by atoms with Gasteiger partial charge in [0, 0.05) is 5.56 Å². The van der Waals surface area contributed by atoms with Crippen molar-refractivity contribution in [3.63, 3.8) is 0 Å². The second-order valence-corrected chi connectivity index (χ2v) is 3.58. The average molecular weight is 235 g/mol. The molecule has 0 radical (unpaired) electrons. The molecule has 0 bridgehead atoms. The van der Waals surface area contributed by atoms with Crippen LogP contribution in [0.15, 0.2) is 29.3 Å². The second-order valence-electron chi connectivity index (χ2n) is 3.58. The Morgan fingerprint density at radius 2 is 2.18 bits per heavy atom. The van der Waals surface area contributed by atoms with Gasteiger partial charge in [-0.2, -0.15) is 0 Å². The van der Waals surface area contributed by atoms with Gasteiger partial charge >= 0.3 is 5.97 Å². The number of methoxy groups -OCH3 is 1. The van der Waals surface area contributed by atoms with Gasteiger partial charge in [-0.25, -0.2) is 9.79 Å². The average Bonchev–Trinajstić information content (AvgIpc) is 2.91. The summed E-state index contributed by atoms with van der Waals surface area (Å²) in [5, 5.41) is 9.61. The van der Waals surface area contributed by atoms with Crippen LogP contribution in [0.5, 0.6) is 0 Å². The molecular formula is C12H13NO4. The first kappa shape index (κ1) is 11.6. The highest BCUT2D eigenvalue weighted by Gasteiger charge is 2.18. The van der Waals surface area contributed by atoms with E-state index < -0.39 is 12.1 Å². The van der Waals surface area contributed by atoms with Gasteiger partial charge in [-0.3, -0.25) is 0 Å². The van der Waals surface area contributed by atoms with Crippen LogP contribution in [0.25, 0.3) is 0 Å². The molecule has 90 valence electrons. The Hall–Kier alpha value is -1.88. The van der Waals surface area contributed by atoms with Crippen molar-refractivity contribution in [1.82, 2.24) is 0 Å². The third-order valence-corrected chi connectivity index (χ3v) is 2.48. The summed E-state index contributed by atoms with van der Waals surface area (Å²) in [5.74, 6) is -0.0729. The highest BCUT2D eigenvalue weighted by atomic mass is 16.5. The van der Waals surface area contributed by atoms with Gasteiger partial charge in [0.15, 0.2) is 6.10 Å². The molecular weight excluding hydrogens is 222 g/mol. The first-order valence-electron chi connectivity index (χ1n) is 5.26. The molecule has 0 saturated heterocycles. The number of rotatable bonds is 3. The lowest BCUT2D eigenvalue weighted by Gasteiger charge is -2.09. The maximum atomic E-state index is 11.1. The largest absolute Gasteiger partial charge is 0.476 e. The Bertz CT molecular complexity index is 438. The van der Waals surface area contributed by atoms with Crippen molar-refractivity contribution in [2.75, 3.05) is 20.3 Å². The quantitative estimate of drug-likeness (QED) is 0.782. The molecule has 1 aromatic carbocycles. The normalized spacial score (nSPS) is 16.0. The van der Waals surface area contributed by atoms with Crippen LogP contribution in [-0.2, 0) is 14.3 Å². The highest BCUT2D eigenvalue weighted by molar-refractivity contribution is 5.95. The molecule has 1 aliphatic heterocycles. The number of esters is 1. The molecule has 0 fully saturated rings. The predicted octanol–water partition coefficient (Wildman–Crippen LogP) is 0.670. The number of hydrogen-bond acceptors (Lipinski definition) is 5. The highest BCUT2D eigenvalue weighted by Crippen LogP contribution is 2.16. The molecule has 0 saturated carbocycles. The number of carbonyl (C=O) groups excluding carboxylic acids is 1. The maximum Gasteiger partial charge on any atom is 0.339 e. The van der Waals surface area contributed by atoms with Gasteiger partial charge in [-0.05, 0) is 17.7 Å². The zero-order valence-electron chi connectivity index (χ0n) is 9.42. The number of aliphatic hydroxyl groups excluding tert-OH is 1. The van der Waals surface area contributed by atoms with Gasteiger partial charge in [0.1, 0.15) is 6.61 Å². The molecule has 5 nitrogen and oxygen atoms in total. The molecule has 1 unspecified atom stereocenters. The van der Waals surface area contributed by atoms with E-state index in [9.17, 15) is 9.90 Å². The third kappa shape index (κ3) is 2.45. The van der Waals surface area contributed by atoms with Crippen LogP contribution in [0.4, 0.5) is 0 Å². The molecule has 0 amide bonds. The number of aliphatic hydroxyl groups is 1.